The van der Waals surface area contributed by atoms with Gasteiger partial charge in [-0.05, 0) is 32.4 Å². The van der Waals surface area contributed by atoms with Gasteiger partial charge in [-0.3, -0.25) is 10.1 Å². The van der Waals surface area contributed by atoms with Crippen LogP contribution in [0.25, 0.3) is 22.2 Å². The number of hydrogen-bond donors (Lipinski definition) is 1. The molecule has 7 nitrogen and oxygen atoms in total. The van der Waals surface area contributed by atoms with Crippen molar-refractivity contribution in [1.29, 1.82) is 5.26 Å². The smallest absolute Gasteiger partial charge is 0.167 e. The van der Waals surface area contributed by atoms with Gasteiger partial charge < -0.3 is 9.64 Å². The van der Waals surface area contributed by atoms with Crippen molar-refractivity contribution in [3.05, 3.63) is 63.8 Å². The fraction of sp³-hybridized carbons (Fsp3) is 0.250. The number of nitrogens with zero attached hydrogens (tertiary/aromatic N) is 5. The first-order valence-electron chi connectivity index (χ1n) is 10.7. The molecule has 0 spiro atoms. The second-order valence-electron chi connectivity index (χ2n) is 8.22. The number of ether oxygens (including phenoxy) is 1. The van der Waals surface area contributed by atoms with Crippen molar-refractivity contribution >= 4 is 39.9 Å². The second-order valence-corrected chi connectivity index (χ2v) is 9.03. The van der Waals surface area contributed by atoms with E-state index < -0.39 is 11.9 Å². The summed E-state index contributed by atoms with van der Waals surface area (Å²) in [7, 11) is 0. The number of anilines is 1. The van der Waals surface area contributed by atoms with Gasteiger partial charge in [-0.1, -0.05) is 23.2 Å². The fourth-order valence-corrected chi connectivity index (χ4v) is 4.79. The van der Waals surface area contributed by atoms with Crippen molar-refractivity contribution in [3.63, 3.8) is 0 Å². The van der Waals surface area contributed by atoms with E-state index >= 15 is 0 Å². The fourth-order valence-electron chi connectivity index (χ4n) is 4.12. The Labute approximate surface area is 205 Å². The molecule has 0 bridgehead atoms. The summed E-state index contributed by atoms with van der Waals surface area (Å²) < 4.78 is 20.7. The molecule has 1 fully saturated rings. The van der Waals surface area contributed by atoms with Crippen LogP contribution in [0.3, 0.4) is 0 Å². The first-order chi connectivity index (χ1) is 16.4. The molecule has 1 saturated heterocycles. The molecule has 34 heavy (non-hydrogen) atoms. The molecule has 4 heterocycles. The predicted molar refractivity (Wildman–Crippen MR) is 129 cm³/mol. The van der Waals surface area contributed by atoms with Crippen LogP contribution < -0.4 is 9.64 Å². The minimum Gasteiger partial charge on any atom is -0.483 e. The summed E-state index contributed by atoms with van der Waals surface area (Å²) >= 11 is 12.5. The molecule has 3 aromatic heterocycles. The standard InChI is InChI=1S/C24H19Cl2FN6O/c1-12-3-4-33(12)24-14(8-28)5-15(9-30-24)23-16-6-21(19(27)7-20(16)31-32-23)34-13(2)22-17(25)10-29-11-18(22)26/h5-7,9-13H,3-4H2,1-2H3,(H,31,32)/t12-,13+/m0/s1. The summed E-state index contributed by atoms with van der Waals surface area (Å²) in [6, 6.07) is 7.23. The highest BCUT2D eigenvalue weighted by atomic mass is 35.5. The van der Waals surface area contributed by atoms with Gasteiger partial charge in [-0.2, -0.15) is 10.4 Å². The van der Waals surface area contributed by atoms with Crippen LogP contribution in [0.4, 0.5) is 10.2 Å². The molecule has 5 rings (SSSR count). The van der Waals surface area contributed by atoms with Crippen LogP contribution in [0.1, 0.15) is 37.5 Å². The molecular weight excluding hydrogens is 478 g/mol. The number of aromatic nitrogens is 4. The van der Waals surface area contributed by atoms with Crippen molar-refractivity contribution in [2.24, 2.45) is 0 Å². The van der Waals surface area contributed by atoms with Crippen LogP contribution in [-0.4, -0.2) is 32.8 Å². The number of aromatic amines is 1. The Kier molecular flexibility index (Phi) is 5.76. The number of nitriles is 1. The first kappa shape index (κ1) is 22.4. The highest BCUT2D eigenvalue weighted by Gasteiger charge is 2.27. The highest BCUT2D eigenvalue weighted by molar-refractivity contribution is 6.35. The zero-order valence-electron chi connectivity index (χ0n) is 18.3. The van der Waals surface area contributed by atoms with Crippen molar-refractivity contribution in [2.75, 3.05) is 11.4 Å². The average molecular weight is 497 g/mol. The van der Waals surface area contributed by atoms with Crippen molar-refractivity contribution in [3.8, 4) is 23.1 Å². The molecule has 0 saturated carbocycles. The van der Waals surface area contributed by atoms with E-state index in [1.165, 1.54) is 18.5 Å². The third kappa shape index (κ3) is 3.81. The lowest BCUT2D eigenvalue weighted by atomic mass is 10.0. The molecule has 1 aliphatic heterocycles. The van der Waals surface area contributed by atoms with Crippen LogP contribution in [-0.2, 0) is 0 Å². The van der Waals surface area contributed by atoms with Crippen molar-refractivity contribution in [2.45, 2.75) is 32.4 Å². The van der Waals surface area contributed by atoms with E-state index in [1.54, 1.807) is 25.3 Å². The number of pyridine rings is 2. The van der Waals surface area contributed by atoms with Gasteiger partial charge in [-0.15, -0.1) is 0 Å². The summed E-state index contributed by atoms with van der Waals surface area (Å²) in [6.07, 6.45) is 5.04. The lowest BCUT2D eigenvalue weighted by molar-refractivity contribution is 0.217. The van der Waals surface area contributed by atoms with Gasteiger partial charge in [-0.25, -0.2) is 9.37 Å². The number of nitrogens with one attached hydrogen (secondary N) is 1. The minimum atomic E-state index is -0.630. The first-order valence-corrected chi connectivity index (χ1v) is 11.4. The molecule has 0 radical (unpaired) electrons. The molecule has 2 atom stereocenters. The van der Waals surface area contributed by atoms with Crippen molar-refractivity contribution < 1.29 is 9.13 Å². The minimum absolute atomic E-state index is 0.0195. The maximum absolute atomic E-state index is 14.8. The van der Waals surface area contributed by atoms with Crippen molar-refractivity contribution in [1.82, 2.24) is 20.2 Å². The molecule has 0 aliphatic carbocycles. The highest BCUT2D eigenvalue weighted by Crippen LogP contribution is 2.37. The summed E-state index contributed by atoms with van der Waals surface area (Å²) in [5, 5.41) is 18.2. The van der Waals surface area contributed by atoms with Crippen LogP contribution >= 0.6 is 23.2 Å². The van der Waals surface area contributed by atoms with Gasteiger partial charge in [0.1, 0.15) is 23.7 Å². The van der Waals surface area contributed by atoms with E-state index in [1.807, 2.05) is 0 Å². The average Bonchev–Trinajstić information content (AvgIpc) is 3.21. The van der Waals surface area contributed by atoms with Gasteiger partial charge in [0, 0.05) is 53.8 Å². The van der Waals surface area contributed by atoms with Gasteiger partial charge in [0.05, 0.1) is 21.1 Å². The topological polar surface area (TPSA) is 90.7 Å². The van der Waals surface area contributed by atoms with Gasteiger partial charge >= 0.3 is 0 Å². The Balaban J connectivity index is 1.52. The van der Waals surface area contributed by atoms with Gasteiger partial charge in [0.2, 0.25) is 0 Å². The molecule has 0 amide bonds. The Bertz CT molecular complexity index is 1430. The van der Waals surface area contributed by atoms with E-state index in [4.69, 9.17) is 27.9 Å². The maximum atomic E-state index is 14.8. The molecule has 172 valence electrons. The van der Waals surface area contributed by atoms with E-state index in [0.29, 0.717) is 55.2 Å². The molecule has 1 N–H and O–H groups in total. The number of fused-ring (bicyclic) bond motifs is 1. The molecule has 1 aliphatic rings. The molecule has 4 aromatic rings. The lowest BCUT2D eigenvalue weighted by Crippen LogP contribution is -2.46. The normalized spacial score (nSPS) is 16.2. The third-order valence-electron chi connectivity index (χ3n) is 6.07. The zero-order chi connectivity index (χ0) is 24.0. The number of halogens is 3. The van der Waals surface area contributed by atoms with Gasteiger partial charge in [0.15, 0.2) is 11.6 Å². The Morgan fingerprint density at radius 2 is 2.00 bits per heavy atom. The Morgan fingerprint density at radius 3 is 2.65 bits per heavy atom. The maximum Gasteiger partial charge on any atom is 0.167 e. The SMILES string of the molecule is C[C@@H](Oc1cc2c(-c3cnc(N4CC[C@@H]4C)c(C#N)c3)n[nH]c2cc1F)c1c(Cl)cncc1Cl. The Hall–Kier alpha value is -3.41. The van der Waals surface area contributed by atoms with Crippen LogP contribution in [0.5, 0.6) is 5.75 Å². The number of benzene rings is 1. The largest absolute Gasteiger partial charge is 0.483 e. The Morgan fingerprint density at radius 1 is 1.24 bits per heavy atom. The molecule has 10 heteroatoms. The second kappa shape index (κ2) is 8.75. The summed E-state index contributed by atoms with van der Waals surface area (Å²) in [5.41, 5.74) is 2.66. The lowest BCUT2D eigenvalue weighted by Gasteiger charge is -2.40. The number of H-pyrrole nitrogens is 1. The van der Waals surface area contributed by atoms with Gasteiger partial charge in [0.25, 0.3) is 0 Å². The van der Waals surface area contributed by atoms with Crippen LogP contribution in [0.2, 0.25) is 10.0 Å². The molecule has 0 unspecified atom stereocenters. The van der Waals surface area contributed by atoms with E-state index in [9.17, 15) is 9.65 Å². The summed E-state index contributed by atoms with van der Waals surface area (Å²) in [5.74, 6) is 0.125. The molecule has 1 aromatic carbocycles. The van der Waals surface area contributed by atoms with E-state index in [0.717, 1.165) is 13.0 Å². The number of rotatable bonds is 5. The number of hydrogen-bond acceptors (Lipinski definition) is 6. The van der Waals surface area contributed by atoms with Crippen LogP contribution in [0, 0.1) is 17.1 Å². The summed E-state index contributed by atoms with van der Waals surface area (Å²) in [6.45, 7) is 4.70. The quantitative estimate of drug-likeness (QED) is 0.360. The predicted octanol–water partition coefficient (Wildman–Crippen LogP) is 6.08. The molecular formula is C24H19Cl2FN6O. The third-order valence-corrected chi connectivity index (χ3v) is 6.67. The van der Waals surface area contributed by atoms with E-state index in [2.05, 4.69) is 38.1 Å². The monoisotopic (exact) mass is 496 g/mol. The van der Waals surface area contributed by atoms with Crippen LogP contribution in [0.15, 0.2) is 36.8 Å². The van der Waals surface area contributed by atoms with E-state index in [-0.39, 0.29) is 5.75 Å². The zero-order valence-corrected chi connectivity index (χ0v) is 19.8. The summed E-state index contributed by atoms with van der Waals surface area (Å²) in [4.78, 5) is 10.6.